The second-order valence-corrected chi connectivity index (χ2v) is 4.61. The van der Waals surface area contributed by atoms with Crippen LogP contribution >= 0.6 is 11.6 Å². The molecule has 1 aromatic carbocycles. The molecule has 5 heteroatoms. The largest absolute Gasteiger partial charge is 0.469 e. The minimum Gasteiger partial charge on any atom is -0.469 e. The van der Waals surface area contributed by atoms with Crippen molar-refractivity contribution in [3.63, 3.8) is 0 Å². The predicted octanol–water partition coefficient (Wildman–Crippen LogP) is 2.18. The number of benzene rings is 1. The van der Waals surface area contributed by atoms with Crippen molar-refractivity contribution in [3.8, 4) is 0 Å². The van der Waals surface area contributed by atoms with E-state index >= 15 is 0 Å². The Morgan fingerprint density at radius 1 is 1.50 bits per heavy atom. The summed E-state index contributed by atoms with van der Waals surface area (Å²) in [4.78, 5) is 24.6. The molecule has 0 saturated heterocycles. The molecule has 96 valence electrons. The summed E-state index contributed by atoms with van der Waals surface area (Å²) in [7, 11) is 1.36. The Balaban J connectivity index is 2.04. The number of nitrogens with zero attached hydrogens (tertiary/aromatic N) is 1. The third kappa shape index (κ3) is 2.64. The van der Waals surface area contributed by atoms with Crippen LogP contribution < -0.4 is 4.90 Å². The summed E-state index contributed by atoms with van der Waals surface area (Å²) >= 11 is 5.93. The first-order valence-electron chi connectivity index (χ1n) is 5.77. The molecule has 0 radical (unpaired) electrons. The number of methoxy groups -OCH3 is 1. The second-order valence-electron chi connectivity index (χ2n) is 4.17. The first-order valence-corrected chi connectivity index (χ1v) is 6.15. The van der Waals surface area contributed by atoms with Crippen molar-refractivity contribution in [2.75, 3.05) is 18.6 Å². The Bertz CT molecular complexity index is 487. The molecule has 0 fully saturated rings. The molecule has 0 N–H and O–H groups in total. The second kappa shape index (κ2) is 5.40. The maximum absolute atomic E-state index is 11.9. The Morgan fingerprint density at radius 2 is 2.28 bits per heavy atom. The standard InChI is InChI=1S/C13H14ClNO3/c1-18-13(17)3-2-6-15-11-8-10(14)5-4-9(11)7-12(15)16/h4-5,8H,2-3,6-7H2,1H3. The van der Waals surface area contributed by atoms with Crippen LogP contribution in [0.4, 0.5) is 5.69 Å². The SMILES string of the molecule is COC(=O)CCCN1C(=O)Cc2ccc(Cl)cc21. The first-order chi connectivity index (χ1) is 8.61. The van der Waals surface area contributed by atoms with E-state index in [0.717, 1.165) is 11.3 Å². The fourth-order valence-electron chi connectivity index (χ4n) is 2.06. The average molecular weight is 268 g/mol. The van der Waals surface area contributed by atoms with Gasteiger partial charge in [-0.25, -0.2) is 0 Å². The molecule has 1 aliphatic heterocycles. The molecule has 1 aliphatic rings. The lowest BCUT2D eigenvalue weighted by molar-refractivity contribution is -0.140. The molecule has 0 unspecified atom stereocenters. The molecule has 0 atom stereocenters. The van der Waals surface area contributed by atoms with Crippen LogP contribution in [-0.2, 0) is 20.7 Å². The quantitative estimate of drug-likeness (QED) is 0.786. The Morgan fingerprint density at radius 3 is 3.00 bits per heavy atom. The predicted molar refractivity (Wildman–Crippen MR) is 68.8 cm³/mol. The molecular formula is C13H14ClNO3. The van der Waals surface area contributed by atoms with Gasteiger partial charge in [0.1, 0.15) is 0 Å². The Kier molecular flexibility index (Phi) is 3.87. The number of carbonyl (C=O) groups is 2. The van der Waals surface area contributed by atoms with Crippen molar-refractivity contribution in [1.29, 1.82) is 0 Å². The molecule has 0 spiro atoms. The summed E-state index contributed by atoms with van der Waals surface area (Å²) in [6.07, 6.45) is 1.31. The van der Waals surface area contributed by atoms with Crippen molar-refractivity contribution in [2.45, 2.75) is 19.3 Å². The van der Waals surface area contributed by atoms with Gasteiger partial charge in [-0.05, 0) is 24.1 Å². The lowest BCUT2D eigenvalue weighted by Crippen LogP contribution is -2.28. The van der Waals surface area contributed by atoms with Crippen LogP contribution in [0, 0.1) is 0 Å². The van der Waals surface area contributed by atoms with E-state index in [1.807, 2.05) is 6.07 Å². The summed E-state index contributed by atoms with van der Waals surface area (Å²) < 4.78 is 4.57. The molecule has 18 heavy (non-hydrogen) atoms. The zero-order valence-electron chi connectivity index (χ0n) is 10.1. The van der Waals surface area contributed by atoms with Crippen molar-refractivity contribution in [1.82, 2.24) is 0 Å². The highest BCUT2D eigenvalue weighted by atomic mass is 35.5. The summed E-state index contributed by atoms with van der Waals surface area (Å²) in [5.74, 6) is -0.204. The van der Waals surface area contributed by atoms with Gasteiger partial charge in [0.15, 0.2) is 0 Å². The van der Waals surface area contributed by atoms with Crippen molar-refractivity contribution in [2.24, 2.45) is 0 Å². The van der Waals surface area contributed by atoms with Gasteiger partial charge >= 0.3 is 5.97 Å². The number of ether oxygens (including phenoxy) is 1. The van der Waals surface area contributed by atoms with Gasteiger partial charge in [-0.3, -0.25) is 9.59 Å². The van der Waals surface area contributed by atoms with Crippen molar-refractivity contribution < 1.29 is 14.3 Å². The van der Waals surface area contributed by atoms with Crippen LogP contribution in [0.1, 0.15) is 18.4 Å². The van der Waals surface area contributed by atoms with E-state index in [0.29, 0.717) is 30.8 Å². The van der Waals surface area contributed by atoms with E-state index in [1.54, 1.807) is 17.0 Å². The third-order valence-corrected chi connectivity index (χ3v) is 3.21. The number of hydrogen-bond acceptors (Lipinski definition) is 3. The number of amides is 1. The van der Waals surface area contributed by atoms with E-state index in [1.165, 1.54) is 7.11 Å². The monoisotopic (exact) mass is 267 g/mol. The topological polar surface area (TPSA) is 46.6 Å². The highest BCUT2D eigenvalue weighted by Gasteiger charge is 2.26. The molecule has 1 heterocycles. The summed E-state index contributed by atoms with van der Waals surface area (Å²) in [6, 6.07) is 5.45. The van der Waals surface area contributed by atoms with Gasteiger partial charge in [0.05, 0.1) is 13.5 Å². The lowest BCUT2D eigenvalue weighted by atomic mass is 10.2. The van der Waals surface area contributed by atoms with Crippen LogP contribution in [0.25, 0.3) is 0 Å². The molecule has 4 nitrogen and oxygen atoms in total. The number of rotatable bonds is 4. The minimum absolute atomic E-state index is 0.0529. The van der Waals surface area contributed by atoms with Crippen molar-refractivity contribution in [3.05, 3.63) is 28.8 Å². The van der Waals surface area contributed by atoms with E-state index in [-0.39, 0.29) is 11.9 Å². The van der Waals surface area contributed by atoms with Gasteiger partial charge in [0.2, 0.25) is 5.91 Å². The third-order valence-electron chi connectivity index (χ3n) is 2.97. The number of anilines is 1. The van der Waals surface area contributed by atoms with Gasteiger partial charge < -0.3 is 9.64 Å². The smallest absolute Gasteiger partial charge is 0.305 e. The molecule has 2 rings (SSSR count). The number of esters is 1. The summed E-state index contributed by atoms with van der Waals surface area (Å²) in [5.41, 5.74) is 1.85. The lowest BCUT2D eigenvalue weighted by Gasteiger charge is -2.17. The first kappa shape index (κ1) is 12.9. The average Bonchev–Trinajstić information content (AvgIpc) is 2.65. The number of fused-ring (bicyclic) bond motifs is 1. The van der Waals surface area contributed by atoms with Crippen LogP contribution in [0.15, 0.2) is 18.2 Å². The van der Waals surface area contributed by atoms with Crippen LogP contribution in [0.5, 0.6) is 0 Å². The van der Waals surface area contributed by atoms with E-state index in [2.05, 4.69) is 4.74 Å². The van der Waals surface area contributed by atoms with Gasteiger partial charge in [-0.1, -0.05) is 17.7 Å². The molecular weight excluding hydrogens is 254 g/mol. The molecule has 0 aromatic heterocycles. The van der Waals surface area contributed by atoms with Crippen LogP contribution in [-0.4, -0.2) is 25.5 Å². The zero-order valence-corrected chi connectivity index (χ0v) is 10.9. The maximum Gasteiger partial charge on any atom is 0.305 e. The molecule has 0 bridgehead atoms. The Hall–Kier alpha value is -1.55. The molecule has 0 saturated carbocycles. The molecule has 1 amide bonds. The van der Waals surface area contributed by atoms with Crippen molar-refractivity contribution >= 4 is 29.2 Å². The summed E-state index contributed by atoms with van der Waals surface area (Å²) in [6.45, 7) is 0.515. The van der Waals surface area contributed by atoms with Gasteiger partial charge in [-0.15, -0.1) is 0 Å². The van der Waals surface area contributed by atoms with Crippen LogP contribution in [0.3, 0.4) is 0 Å². The number of halogens is 1. The van der Waals surface area contributed by atoms with Gasteiger partial charge in [-0.2, -0.15) is 0 Å². The van der Waals surface area contributed by atoms with Gasteiger partial charge in [0.25, 0.3) is 0 Å². The fourth-order valence-corrected chi connectivity index (χ4v) is 2.23. The highest BCUT2D eigenvalue weighted by molar-refractivity contribution is 6.31. The normalized spacial score (nSPS) is 13.7. The molecule has 0 aliphatic carbocycles. The van der Waals surface area contributed by atoms with Crippen LogP contribution in [0.2, 0.25) is 5.02 Å². The van der Waals surface area contributed by atoms with Gasteiger partial charge in [0, 0.05) is 23.7 Å². The highest BCUT2D eigenvalue weighted by Crippen LogP contribution is 2.31. The molecule has 1 aromatic rings. The van der Waals surface area contributed by atoms with E-state index in [4.69, 9.17) is 11.6 Å². The maximum atomic E-state index is 11.9. The Labute approximate surface area is 110 Å². The van der Waals surface area contributed by atoms with E-state index in [9.17, 15) is 9.59 Å². The number of hydrogen-bond donors (Lipinski definition) is 0. The fraction of sp³-hybridized carbons (Fsp3) is 0.385. The summed E-state index contributed by atoms with van der Waals surface area (Å²) in [5, 5.41) is 0.612. The number of carbonyl (C=O) groups excluding carboxylic acids is 2. The minimum atomic E-state index is -0.257. The van der Waals surface area contributed by atoms with E-state index < -0.39 is 0 Å². The zero-order chi connectivity index (χ0) is 13.1.